The third kappa shape index (κ3) is 13.6. The van der Waals surface area contributed by atoms with Crippen LogP contribution in [0.1, 0.15) is 6.42 Å². The van der Waals surface area contributed by atoms with Crippen LogP contribution < -0.4 is 0 Å². The highest BCUT2D eigenvalue weighted by Gasteiger charge is 2.09. The molecule has 0 fully saturated rings. The zero-order valence-electron chi connectivity index (χ0n) is 11.3. The fraction of sp³-hybridized carbons (Fsp3) is 0.545. The van der Waals surface area contributed by atoms with Crippen molar-refractivity contribution in [2.24, 2.45) is 4.99 Å². The maximum absolute atomic E-state index is 10.7. The van der Waals surface area contributed by atoms with Gasteiger partial charge < -0.3 is 18.9 Å². The van der Waals surface area contributed by atoms with E-state index in [1.165, 1.54) is 14.2 Å². The van der Waals surface area contributed by atoms with Gasteiger partial charge in [-0.2, -0.15) is 0 Å². The largest absolute Gasteiger partial charge is 0.468 e. The highest BCUT2D eigenvalue weighted by Crippen LogP contribution is 1.83. The number of hydrogen-bond acceptors (Lipinski definition) is 9. The number of aliphatic imine (C=N–C) groups is 1. The van der Waals surface area contributed by atoms with Gasteiger partial charge in [-0.3, -0.25) is 19.4 Å². The molecule has 0 radical (unpaired) electrons. The lowest BCUT2D eigenvalue weighted by Gasteiger charge is -2.00. The molecule has 0 spiro atoms. The summed E-state index contributed by atoms with van der Waals surface area (Å²) >= 11 is 0. The van der Waals surface area contributed by atoms with Gasteiger partial charge in [0.05, 0.1) is 20.3 Å². The normalized spacial score (nSPS) is 9.40. The van der Waals surface area contributed by atoms with Gasteiger partial charge in [0.1, 0.15) is 6.61 Å². The van der Waals surface area contributed by atoms with Crippen molar-refractivity contribution >= 4 is 31.1 Å². The van der Waals surface area contributed by atoms with Crippen LogP contribution in [0, 0.1) is 0 Å². The van der Waals surface area contributed by atoms with Gasteiger partial charge in [0, 0.05) is 13.5 Å². The quantitative estimate of drug-likeness (QED) is 0.167. The Balaban J connectivity index is 0. The maximum Gasteiger partial charge on any atom is 0.355 e. The predicted molar refractivity (Wildman–Crippen MR) is 66.0 cm³/mol. The van der Waals surface area contributed by atoms with Crippen LogP contribution in [0.15, 0.2) is 4.99 Å². The third-order valence-electron chi connectivity index (χ3n) is 1.64. The minimum Gasteiger partial charge on any atom is -0.468 e. The fourth-order valence-corrected chi connectivity index (χ4v) is 0.767. The molecule has 9 nitrogen and oxygen atoms in total. The first kappa shape index (κ1) is 19.9. The number of hydrogen-bond donors (Lipinski definition) is 0. The van der Waals surface area contributed by atoms with Crippen molar-refractivity contribution in [3.8, 4) is 0 Å². The van der Waals surface area contributed by atoms with E-state index in [2.05, 4.69) is 23.9 Å². The molecule has 0 aromatic carbocycles. The van der Waals surface area contributed by atoms with E-state index in [1.807, 2.05) is 0 Å². The minimum absolute atomic E-state index is 0.0830. The zero-order valence-corrected chi connectivity index (χ0v) is 11.3. The maximum atomic E-state index is 10.7. The molecule has 114 valence electrons. The first-order valence-corrected chi connectivity index (χ1v) is 5.37. The van der Waals surface area contributed by atoms with Crippen molar-refractivity contribution in [2.45, 2.75) is 6.42 Å². The first-order chi connectivity index (χ1) is 9.67. The molecule has 0 N–H and O–H groups in total. The first-order valence-electron chi connectivity index (χ1n) is 5.37. The van der Waals surface area contributed by atoms with Crippen LogP contribution in [-0.4, -0.2) is 65.1 Å². The Morgan fingerprint density at radius 1 is 1.00 bits per heavy atom. The summed E-state index contributed by atoms with van der Waals surface area (Å²) in [6.07, 6.45) is 0.553. The van der Waals surface area contributed by atoms with Gasteiger partial charge in [0.2, 0.25) is 0 Å². The average Bonchev–Trinajstić information content (AvgIpc) is 2.48. The zero-order chi connectivity index (χ0) is 15.6. The van der Waals surface area contributed by atoms with Gasteiger partial charge in [0.15, 0.2) is 5.71 Å². The van der Waals surface area contributed by atoms with Crippen LogP contribution in [0.4, 0.5) is 0 Å². The Labute approximate surface area is 115 Å². The van der Waals surface area contributed by atoms with E-state index in [4.69, 9.17) is 0 Å². The number of methoxy groups -OCH3 is 1. The molecular formula is C11H17NO8. The average molecular weight is 291 g/mol. The summed E-state index contributed by atoms with van der Waals surface area (Å²) < 4.78 is 17.2. The fourth-order valence-electron chi connectivity index (χ4n) is 0.767. The van der Waals surface area contributed by atoms with Gasteiger partial charge >= 0.3 is 5.97 Å². The SMILES string of the molecule is CN=C(COC=O)C(=O)OC.O=COCCCOC=O. The lowest BCUT2D eigenvalue weighted by Crippen LogP contribution is -2.21. The van der Waals surface area contributed by atoms with E-state index in [-0.39, 0.29) is 18.8 Å². The lowest BCUT2D eigenvalue weighted by molar-refractivity contribution is -0.134. The molecule has 9 heteroatoms. The van der Waals surface area contributed by atoms with Crippen LogP contribution in [0.3, 0.4) is 0 Å². The lowest BCUT2D eigenvalue weighted by atomic mass is 10.4. The summed E-state index contributed by atoms with van der Waals surface area (Å²) in [5, 5.41) is 0. The number of nitrogens with zero attached hydrogens (tertiary/aromatic N) is 1. The van der Waals surface area contributed by atoms with E-state index in [1.54, 1.807) is 0 Å². The molecule has 0 saturated carbocycles. The molecule has 0 rings (SSSR count). The second-order valence-electron chi connectivity index (χ2n) is 2.86. The van der Waals surface area contributed by atoms with Crippen LogP contribution in [0.2, 0.25) is 0 Å². The smallest absolute Gasteiger partial charge is 0.355 e. The highest BCUT2D eigenvalue weighted by molar-refractivity contribution is 6.37. The molecule has 0 aromatic heterocycles. The Morgan fingerprint density at radius 2 is 1.50 bits per heavy atom. The number of esters is 1. The van der Waals surface area contributed by atoms with Gasteiger partial charge in [0.25, 0.3) is 19.4 Å². The van der Waals surface area contributed by atoms with Gasteiger partial charge in [-0.15, -0.1) is 0 Å². The number of carbonyl (C=O) groups excluding carboxylic acids is 4. The van der Waals surface area contributed by atoms with Gasteiger partial charge in [-0.25, -0.2) is 4.79 Å². The summed E-state index contributed by atoms with van der Waals surface area (Å²) in [4.78, 5) is 43.0. The van der Waals surface area contributed by atoms with Crippen LogP contribution in [0.5, 0.6) is 0 Å². The second-order valence-corrected chi connectivity index (χ2v) is 2.86. The molecule has 0 unspecified atom stereocenters. The summed E-state index contributed by atoms with van der Waals surface area (Å²) in [6.45, 7) is 1.43. The third-order valence-corrected chi connectivity index (χ3v) is 1.64. The monoisotopic (exact) mass is 291 g/mol. The van der Waals surface area contributed by atoms with E-state index in [9.17, 15) is 19.2 Å². The predicted octanol–water partition coefficient (Wildman–Crippen LogP) is -0.874. The van der Waals surface area contributed by atoms with E-state index in [0.717, 1.165) is 0 Å². The highest BCUT2D eigenvalue weighted by atomic mass is 16.5. The van der Waals surface area contributed by atoms with Crippen molar-refractivity contribution in [1.29, 1.82) is 0 Å². The standard InChI is InChI=1S/C6H9NO4.C5H8O4/c1-7-5(3-11-4-8)6(9)10-2;6-4-8-2-1-3-9-5-7/h4H,3H2,1-2H3;4-5H,1-3H2. The molecular weight excluding hydrogens is 274 g/mol. The second kappa shape index (κ2) is 16.6. The van der Waals surface area contributed by atoms with Crippen LogP contribution in [-0.2, 0) is 38.1 Å². The Kier molecular flexibility index (Phi) is 16.5. The summed E-state index contributed by atoms with van der Waals surface area (Å²) in [7, 11) is 2.65. The van der Waals surface area contributed by atoms with E-state index >= 15 is 0 Å². The molecule has 0 aromatic rings. The molecule has 20 heavy (non-hydrogen) atoms. The Morgan fingerprint density at radius 3 is 1.85 bits per heavy atom. The van der Waals surface area contributed by atoms with Gasteiger partial charge in [-0.1, -0.05) is 0 Å². The molecule has 0 atom stereocenters. The molecule has 0 amide bonds. The summed E-state index contributed by atoms with van der Waals surface area (Å²) in [6, 6.07) is 0. The van der Waals surface area contributed by atoms with Crippen molar-refractivity contribution < 1.29 is 38.1 Å². The minimum atomic E-state index is -0.589. The van der Waals surface area contributed by atoms with Crippen molar-refractivity contribution in [3.63, 3.8) is 0 Å². The summed E-state index contributed by atoms with van der Waals surface area (Å²) in [5.74, 6) is -0.589. The molecule has 0 aliphatic carbocycles. The molecule has 0 aliphatic rings. The van der Waals surface area contributed by atoms with Crippen molar-refractivity contribution in [1.82, 2.24) is 0 Å². The van der Waals surface area contributed by atoms with Crippen LogP contribution >= 0.6 is 0 Å². The topological polar surface area (TPSA) is 118 Å². The molecule has 0 aliphatic heterocycles. The van der Waals surface area contributed by atoms with Crippen molar-refractivity contribution in [2.75, 3.05) is 34.0 Å². The van der Waals surface area contributed by atoms with Gasteiger partial charge in [-0.05, 0) is 0 Å². The summed E-state index contributed by atoms with van der Waals surface area (Å²) in [5.41, 5.74) is 0.0830. The Hall–Kier alpha value is -2.45. The number of rotatable bonds is 10. The number of ether oxygens (including phenoxy) is 4. The van der Waals surface area contributed by atoms with Crippen LogP contribution in [0.25, 0.3) is 0 Å². The van der Waals surface area contributed by atoms with E-state index in [0.29, 0.717) is 32.6 Å². The molecule has 0 heterocycles. The van der Waals surface area contributed by atoms with Crippen molar-refractivity contribution in [3.05, 3.63) is 0 Å². The number of carbonyl (C=O) groups is 4. The Bertz CT molecular complexity index is 306. The van der Waals surface area contributed by atoms with E-state index < -0.39 is 5.97 Å². The molecule has 0 saturated heterocycles. The molecule has 0 bridgehead atoms.